The number of likely N-dealkylation sites (tertiary alicyclic amines) is 1. The Labute approximate surface area is 124 Å². The number of carbonyl (C=O) groups is 1. The van der Waals surface area contributed by atoms with Gasteiger partial charge < -0.3 is 19.7 Å². The van der Waals surface area contributed by atoms with Crippen LogP contribution in [0.25, 0.3) is 0 Å². The van der Waals surface area contributed by atoms with Crippen LogP contribution in [0.15, 0.2) is 18.2 Å². The molecule has 0 saturated carbocycles. The van der Waals surface area contributed by atoms with E-state index >= 15 is 0 Å². The molecule has 0 aliphatic carbocycles. The smallest absolute Gasteiger partial charge is 0.322 e. The van der Waals surface area contributed by atoms with Crippen molar-refractivity contribution in [2.75, 3.05) is 32.2 Å². The van der Waals surface area contributed by atoms with Gasteiger partial charge in [0.15, 0.2) is 0 Å². The van der Waals surface area contributed by atoms with Crippen LogP contribution in [0.2, 0.25) is 0 Å². The number of hydrogen-bond acceptors (Lipinski definition) is 3. The third kappa shape index (κ3) is 3.85. The Morgan fingerprint density at radius 1 is 1.52 bits per heavy atom. The molecule has 21 heavy (non-hydrogen) atoms. The lowest BCUT2D eigenvalue weighted by molar-refractivity contribution is 0.0970. The average molecular weight is 296 g/mol. The van der Waals surface area contributed by atoms with Gasteiger partial charge in [-0.25, -0.2) is 9.18 Å². The highest BCUT2D eigenvalue weighted by atomic mass is 19.1. The topological polar surface area (TPSA) is 50.8 Å². The third-order valence-electron chi connectivity index (χ3n) is 3.56. The summed E-state index contributed by atoms with van der Waals surface area (Å²) in [7, 11) is 1.48. The van der Waals surface area contributed by atoms with Crippen molar-refractivity contribution in [2.24, 2.45) is 0 Å². The number of halogens is 1. The Bertz CT molecular complexity index is 496. The molecular weight excluding hydrogens is 275 g/mol. The number of rotatable bonds is 5. The molecule has 116 valence electrons. The van der Waals surface area contributed by atoms with Crippen LogP contribution in [0.3, 0.4) is 0 Å². The zero-order valence-electron chi connectivity index (χ0n) is 12.4. The summed E-state index contributed by atoms with van der Waals surface area (Å²) in [6.07, 6.45) is 1.87. The number of nitrogens with one attached hydrogen (secondary N) is 1. The van der Waals surface area contributed by atoms with Crippen LogP contribution >= 0.6 is 0 Å². The predicted molar refractivity (Wildman–Crippen MR) is 78.2 cm³/mol. The first-order chi connectivity index (χ1) is 10.2. The minimum atomic E-state index is -0.418. The van der Waals surface area contributed by atoms with Crippen LogP contribution in [-0.2, 0) is 4.74 Å². The van der Waals surface area contributed by atoms with Crippen molar-refractivity contribution in [3.8, 4) is 5.75 Å². The van der Waals surface area contributed by atoms with Gasteiger partial charge in [-0.15, -0.1) is 0 Å². The third-order valence-corrected chi connectivity index (χ3v) is 3.56. The van der Waals surface area contributed by atoms with E-state index in [-0.39, 0.29) is 12.1 Å². The predicted octanol–water partition coefficient (Wildman–Crippen LogP) is 2.87. The van der Waals surface area contributed by atoms with Crippen molar-refractivity contribution in [3.05, 3.63) is 24.0 Å². The molecule has 1 aliphatic rings. The fraction of sp³-hybridized carbons (Fsp3) is 0.533. The zero-order chi connectivity index (χ0) is 15.2. The summed E-state index contributed by atoms with van der Waals surface area (Å²) in [5.41, 5.74) is 0.338. The Kier molecular flexibility index (Phi) is 5.38. The lowest BCUT2D eigenvalue weighted by atomic mass is 10.2. The summed E-state index contributed by atoms with van der Waals surface area (Å²) in [4.78, 5) is 14.1. The van der Waals surface area contributed by atoms with E-state index < -0.39 is 5.82 Å². The van der Waals surface area contributed by atoms with Crippen molar-refractivity contribution in [3.63, 3.8) is 0 Å². The van der Waals surface area contributed by atoms with Gasteiger partial charge in [-0.1, -0.05) is 0 Å². The van der Waals surface area contributed by atoms with E-state index in [0.29, 0.717) is 31.2 Å². The summed E-state index contributed by atoms with van der Waals surface area (Å²) < 4.78 is 23.9. The molecule has 2 amide bonds. The number of benzene rings is 1. The minimum absolute atomic E-state index is 0.0736. The molecule has 6 heteroatoms. The van der Waals surface area contributed by atoms with Crippen LogP contribution in [0.4, 0.5) is 14.9 Å². The second-order valence-electron chi connectivity index (χ2n) is 4.92. The summed E-state index contributed by atoms with van der Waals surface area (Å²) in [6.45, 7) is 3.77. The summed E-state index contributed by atoms with van der Waals surface area (Å²) >= 11 is 0. The van der Waals surface area contributed by atoms with E-state index in [9.17, 15) is 9.18 Å². The van der Waals surface area contributed by atoms with Gasteiger partial charge in [0.25, 0.3) is 0 Å². The number of amides is 2. The monoisotopic (exact) mass is 296 g/mol. The molecule has 1 N–H and O–H groups in total. The van der Waals surface area contributed by atoms with E-state index in [1.807, 2.05) is 6.92 Å². The maximum atomic E-state index is 13.3. The molecule has 1 saturated heterocycles. The summed E-state index contributed by atoms with van der Waals surface area (Å²) in [5.74, 6) is 0.0173. The molecule has 2 rings (SSSR count). The van der Waals surface area contributed by atoms with Crippen LogP contribution in [0, 0.1) is 5.82 Å². The number of carbonyl (C=O) groups excluding carboxylic acids is 1. The Morgan fingerprint density at radius 2 is 2.33 bits per heavy atom. The molecular formula is C15H21FN2O3. The molecule has 1 heterocycles. The normalized spacial score (nSPS) is 17.9. The maximum absolute atomic E-state index is 13.3. The van der Waals surface area contributed by atoms with Crippen molar-refractivity contribution in [1.29, 1.82) is 0 Å². The first-order valence-corrected chi connectivity index (χ1v) is 7.14. The highest BCUT2D eigenvalue weighted by molar-refractivity contribution is 5.91. The molecule has 5 nitrogen and oxygen atoms in total. The largest absolute Gasteiger partial charge is 0.495 e. The number of urea groups is 1. The lowest BCUT2D eigenvalue weighted by Crippen LogP contribution is -2.41. The lowest BCUT2D eigenvalue weighted by Gasteiger charge is -2.25. The maximum Gasteiger partial charge on any atom is 0.322 e. The number of nitrogens with zero attached hydrogens (tertiary/aromatic N) is 1. The van der Waals surface area contributed by atoms with E-state index in [4.69, 9.17) is 9.47 Å². The average Bonchev–Trinajstić information content (AvgIpc) is 2.94. The van der Waals surface area contributed by atoms with E-state index in [1.54, 1.807) is 4.90 Å². The highest BCUT2D eigenvalue weighted by Crippen LogP contribution is 2.26. The Balaban J connectivity index is 2.05. The van der Waals surface area contributed by atoms with Gasteiger partial charge >= 0.3 is 6.03 Å². The first kappa shape index (κ1) is 15.6. The van der Waals surface area contributed by atoms with Crippen molar-refractivity contribution < 1.29 is 18.7 Å². The molecule has 1 unspecified atom stereocenters. The van der Waals surface area contributed by atoms with Crippen LogP contribution < -0.4 is 10.1 Å². The molecule has 0 spiro atoms. The van der Waals surface area contributed by atoms with Crippen molar-refractivity contribution >= 4 is 11.7 Å². The summed E-state index contributed by atoms with van der Waals surface area (Å²) in [6, 6.07) is 3.87. The van der Waals surface area contributed by atoms with E-state index in [1.165, 1.54) is 25.3 Å². The standard InChI is InChI=1S/C15H21FN2O3/c1-3-21-10-12-5-4-8-18(12)15(19)17-13-9-11(16)6-7-14(13)20-2/h6-7,9,12H,3-5,8,10H2,1-2H3,(H,17,19). The Morgan fingerprint density at radius 3 is 3.05 bits per heavy atom. The van der Waals surface area contributed by atoms with Gasteiger partial charge in [-0.2, -0.15) is 0 Å². The van der Waals surface area contributed by atoms with Crippen molar-refractivity contribution in [2.45, 2.75) is 25.8 Å². The SMILES string of the molecule is CCOCC1CCCN1C(=O)Nc1cc(F)ccc1OC. The molecule has 1 aliphatic heterocycles. The molecule has 1 aromatic rings. The van der Waals surface area contributed by atoms with Gasteiger partial charge in [0.2, 0.25) is 0 Å². The molecule has 0 radical (unpaired) electrons. The summed E-state index contributed by atoms with van der Waals surface area (Å²) in [5, 5.41) is 2.72. The molecule has 1 aromatic carbocycles. The number of anilines is 1. The van der Waals surface area contributed by atoms with Gasteiger partial charge in [0.1, 0.15) is 11.6 Å². The minimum Gasteiger partial charge on any atom is -0.495 e. The number of methoxy groups -OCH3 is 1. The molecule has 1 fully saturated rings. The molecule has 1 atom stereocenters. The van der Waals surface area contributed by atoms with Gasteiger partial charge in [-0.3, -0.25) is 0 Å². The second kappa shape index (κ2) is 7.26. The van der Waals surface area contributed by atoms with Crippen molar-refractivity contribution in [1.82, 2.24) is 4.90 Å². The van der Waals surface area contributed by atoms with Crippen LogP contribution in [0.1, 0.15) is 19.8 Å². The molecule has 0 bridgehead atoms. The molecule has 0 aromatic heterocycles. The fourth-order valence-corrected chi connectivity index (χ4v) is 2.50. The Hall–Kier alpha value is -1.82. The fourth-order valence-electron chi connectivity index (χ4n) is 2.50. The zero-order valence-corrected chi connectivity index (χ0v) is 12.4. The first-order valence-electron chi connectivity index (χ1n) is 7.14. The van der Waals surface area contributed by atoms with Crippen LogP contribution in [0.5, 0.6) is 5.75 Å². The quantitative estimate of drug-likeness (QED) is 0.909. The van der Waals surface area contributed by atoms with E-state index in [2.05, 4.69) is 5.32 Å². The van der Waals surface area contributed by atoms with E-state index in [0.717, 1.165) is 12.8 Å². The number of hydrogen-bond donors (Lipinski definition) is 1. The van der Waals surface area contributed by atoms with Gasteiger partial charge in [0, 0.05) is 19.2 Å². The number of ether oxygens (including phenoxy) is 2. The van der Waals surface area contributed by atoms with Crippen LogP contribution in [-0.4, -0.2) is 43.8 Å². The van der Waals surface area contributed by atoms with Gasteiger partial charge in [0.05, 0.1) is 25.4 Å². The highest BCUT2D eigenvalue weighted by Gasteiger charge is 2.29. The van der Waals surface area contributed by atoms with Gasteiger partial charge in [-0.05, 0) is 31.9 Å². The second-order valence-corrected chi connectivity index (χ2v) is 4.92.